The highest BCUT2D eigenvalue weighted by Gasteiger charge is 2.17. The van der Waals surface area contributed by atoms with E-state index in [1.807, 2.05) is 44.3 Å². The van der Waals surface area contributed by atoms with Crippen LogP contribution in [0.5, 0.6) is 0 Å². The van der Waals surface area contributed by atoms with E-state index in [0.717, 1.165) is 11.3 Å². The van der Waals surface area contributed by atoms with Crippen molar-refractivity contribution in [2.45, 2.75) is 19.4 Å². The number of likely N-dealkylation sites (N-methyl/N-ethyl adjacent to an activating group) is 1. The SMILES string of the molecule is CC(c1ccccc1)N(C)C(=O)Cc1ccc(N)cn1.Cl. The van der Waals surface area contributed by atoms with Crippen LogP contribution in [0, 0.1) is 0 Å². The molecular weight excluding hydrogens is 286 g/mol. The summed E-state index contributed by atoms with van der Waals surface area (Å²) in [4.78, 5) is 18.2. The molecule has 1 amide bonds. The van der Waals surface area contributed by atoms with Crippen molar-refractivity contribution in [3.63, 3.8) is 0 Å². The van der Waals surface area contributed by atoms with Crippen LogP contribution in [0.3, 0.4) is 0 Å². The predicted molar refractivity (Wildman–Crippen MR) is 87.2 cm³/mol. The number of nitrogens with two attached hydrogens (primary N) is 1. The summed E-state index contributed by atoms with van der Waals surface area (Å²) in [5.74, 6) is 0.0404. The minimum atomic E-state index is 0. The van der Waals surface area contributed by atoms with Crippen LogP contribution >= 0.6 is 12.4 Å². The van der Waals surface area contributed by atoms with E-state index in [-0.39, 0.29) is 30.8 Å². The second-order valence-electron chi connectivity index (χ2n) is 4.85. The van der Waals surface area contributed by atoms with Crippen molar-refractivity contribution in [3.05, 3.63) is 59.9 Å². The quantitative estimate of drug-likeness (QED) is 0.945. The van der Waals surface area contributed by atoms with Gasteiger partial charge in [-0.1, -0.05) is 30.3 Å². The van der Waals surface area contributed by atoms with Crippen molar-refractivity contribution in [2.24, 2.45) is 0 Å². The van der Waals surface area contributed by atoms with Crippen LogP contribution in [0.2, 0.25) is 0 Å². The Bertz CT molecular complexity index is 572. The molecule has 2 N–H and O–H groups in total. The number of hydrogen-bond acceptors (Lipinski definition) is 3. The highest BCUT2D eigenvalue weighted by molar-refractivity contribution is 5.85. The highest BCUT2D eigenvalue weighted by Crippen LogP contribution is 2.19. The summed E-state index contributed by atoms with van der Waals surface area (Å²) in [6, 6.07) is 13.6. The Morgan fingerprint density at radius 1 is 1.24 bits per heavy atom. The zero-order valence-electron chi connectivity index (χ0n) is 12.2. The summed E-state index contributed by atoms with van der Waals surface area (Å²) >= 11 is 0. The van der Waals surface area contributed by atoms with E-state index < -0.39 is 0 Å². The average molecular weight is 306 g/mol. The molecule has 0 spiro atoms. The summed E-state index contributed by atoms with van der Waals surface area (Å²) in [5.41, 5.74) is 8.04. The molecule has 1 aromatic heterocycles. The van der Waals surface area contributed by atoms with Crippen LogP contribution in [-0.4, -0.2) is 22.8 Å². The molecule has 0 saturated carbocycles. The summed E-state index contributed by atoms with van der Waals surface area (Å²) in [6.07, 6.45) is 1.86. The van der Waals surface area contributed by atoms with E-state index >= 15 is 0 Å². The maximum absolute atomic E-state index is 12.3. The molecule has 0 radical (unpaired) electrons. The van der Waals surface area contributed by atoms with Crippen molar-refractivity contribution in [2.75, 3.05) is 12.8 Å². The summed E-state index contributed by atoms with van der Waals surface area (Å²) < 4.78 is 0. The molecule has 4 nitrogen and oxygen atoms in total. The van der Waals surface area contributed by atoms with Crippen molar-refractivity contribution < 1.29 is 4.79 Å². The van der Waals surface area contributed by atoms with Gasteiger partial charge in [0.1, 0.15) is 0 Å². The lowest BCUT2D eigenvalue weighted by Crippen LogP contribution is -2.31. The van der Waals surface area contributed by atoms with E-state index in [0.29, 0.717) is 5.69 Å². The first-order valence-corrected chi connectivity index (χ1v) is 6.59. The molecule has 1 heterocycles. The molecular formula is C16H20ClN3O. The third-order valence-corrected chi connectivity index (χ3v) is 3.44. The van der Waals surface area contributed by atoms with Crippen molar-refractivity contribution in [3.8, 4) is 0 Å². The van der Waals surface area contributed by atoms with Gasteiger partial charge in [-0.25, -0.2) is 0 Å². The van der Waals surface area contributed by atoms with Crippen LogP contribution in [0.1, 0.15) is 24.2 Å². The number of nitrogens with zero attached hydrogens (tertiary/aromatic N) is 2. The van der Waals surface area contributed by atoms with Gasteiger partial charge in [0.2, 0.25) is 5.91 Å². The van der Waals surface area contributed by atoms with Gasteiger partial charge in [0.25, 0.3) is 0 Å². The number of rotatable bonds is 4. The smallest absolute Gasteiger partial charge is 0.228 e. The second kappa shape index (κ2) is 7.64. The first kappa shape index (κ1) is 17.0. The van der Waals surface area contributed by atoms with Gasteiger partial charge in [0, 0.05) is 12.7 Å². The van der Waals surface area contributed by atoms with Crippen LogP contribution in [0.15, 0.2) is 48.7 Å². The van der Waals surface area contributed by atoms with Gasteiger partial charge in [-0.15, -0.1) is 12.4 Å². The molecule has 0 bridgehead atoms. The zero-order valence-corrected chi connectivity index (χ0v) is 13.0. The molecule has 2 rings (SSSR count). The van der Waals surface area contributed by atoms with Gasteiger partial charge >= 0.3 is 0 Å². The third-order valence-electron chi connectivity index (χ3n) is 3.44. The Hall–Kier alpha value is -2.07. The first-order valence-electron chi connectivity index (χ1n) is 6.59. The predicted octanol–water partition coefficient (Wildman–Crippen LogP) is 2.85. The molecule has 5 heteroatoms. The standard InChI is InChI=1S/C16H19N3O.ClH/c1-12(13-6-4-3-5-7-13)19(2)16(20)10-15-9-8-14(17)11-18-15;/h3-9,11-12H,10,17H2,1-2H3;1H. The highest BCUT2D eigenvalue weighted by atomic mass is 35.5. The normalized spacial score (nSPS) is 11.3. The van der Waals surface area contributed by atoms with Gasteiger partial charge in [-0.3, -0.25) is 9.78 Å². The number of carbonyl (C=O) groups is 1. The van der Waals surface area contributed by atoms with Crippen LogP contribution in [0.4, 0.5) is 5.69 Å². The number of benzene rings is 1. The zero-order chi connectivity index (χ0) is 14.5. The molecule has 0 fully saturated rings. The lowest BCUT2D eigenvalue weighted by molar-refractivity contribution is -0.131. The Morgan fingerprint density at radius 2 is 1.90 bits per heavy atom. The Labute approximate surface area is 131 Å². The minimum Gasteiger partial charge on any atom is -0.397 e. The molecule has 1 atom stereocenters. The van der Waals surface area contributed by atoms with Gasteiger partial charge < -0.3 is 10.6 Å². The average Bonchev–Trinajstić information content (AvgIpc) is 2.49. The maximum Gasteiger partial charge on any atom is 0.228 e. The number of pyridine rings is 1. The molecule has 21 heavy (non-hydrogen) atoms. The fraction of sp³-hybridized carbons (Fsp3) is 0.250. The van der Waals surface area contributed by atoms with Crippen molar-refractivity contribution >= 4 is 24.0 Å². The van der Waals surface area contributed by atoms with Crippen molar-refractivity contribution in [1.29, 1.82) is 0 Å². The number of nitrogen functional groups attached to an aromatic ring is 1. The summed E-state index contributed by atoms with van der Waals surface area (Å²) in [5, 5.41) is 0. The van der Waals surface area contributed by atoms with Gasteiger partial charge in [-0.2, -0.15) is 0 Å². The number of amides is 1. The Morgan fingerprint density at radius 3 is 2.48 bits per heavy atom. The molecule has 2 aromatic rings. The van der Waals surface area contributed by atoms with Crippen LogP contribution in [-0.2, 0) is 11.2 Å². The topological polar surface area (TPSA) is 59.2 Å². The van der Waals surface area contributed by atoms with Gasteiger partial charge in [0.05, 0.1) is 24.3 Å². The number of halogens is 1. The number of hydrogen-bond donors (Lipinski definition) is 1. The molecule has 0 aliphatic rings. The first-order chi connectivity index (χ1) is 9.58. The maximum atomic E-state index is 12.3. The van der Waals surface area contributed by atoms with E-state index in [9.17, 15) is 4.79 Å². The van der Waals surface area contributed by atoms with Crippen LogP contribution in [0.25, 0.3) is 0 Å². The van der Waals surface area contributed by atoms with E-state index in [1.165, 1.54) is 0 Å². The number of carbonyl (C=O) groups excluding carboxylic acids is 1. The van der Waals surface area contributed by atoms with Gasteiger partial charge in [0.15, 0.2) is 0 Å². The summed E-state index contributed by atoms with van der Waals surface area (Å²) in [6.45, 7) is 2.02. The second-order valence-corrected chi connectivity index (χ2v) is 4.85. The number of anilines is 1. The number of aromatic nitrogens is 1. The Balaban J connectivity index is 0.00000220. The van der Waals surface area contributed by atoms with Gasteiger partial charge in [-0.05, 0) is 24.6 Å². The minimum absolute atomic E-state index is 0. The fourth-order valence-corrected chi connectivity index (χ4v) is 1.99. The van der Waals surface area contributed by atoms with Crippen molar-refractivity contribution in [1.82, 2.24) is 9.88 Å². The molecule has 1 aromatic carbocycles. The molecule has 1 unspecified atom stereocenters. The molecule has 0 aliphatic carbocycles. The monoisotopic (exact) mass is 305 g/mol. The summed E-state index contributed by atoms with van der Waals surface area (Å²) in [7, 11) is 1.82. The fourth-order valence-electron chi connectivity index (χ4n) is 1.99. The largest absolute Gasteiger partial charge is 0.397 e. The van der Waals surface area contributed by atoms with E-state index in [4.69, 9.17) is 5.73 Å². The molecule has 0 aliphatic heterocycles. The molecule has 112 valence electrons. The molecule has 0 saturated heterocycles. The third kappa shape index (κ3) is 4.46. The Kier molecular flexibility index (Phi) is 6.18. The lowest BCUT2D eigenvalue weighted by Gasteiger charge is -2.25. The van der Waals surface area contributed by atoms with Crippen LogP contribution < -0.4 is 5.73 Å². The lowest BCUT2D eigenvalue weighted by atomic mass is 10.1. The van der Waals surface area contributed by atoms with E-state index in [1.54, 1.807) is 23.2 Å². The van der Waals surface area contributed by atoms with E-state index in [2.05, 4.69) is 4.98 Å².